The number of aryl methyl sites for hydroxylation is 1. The fourth-order valence-corrected chi connectivity index (χ4v) is 1.69. The van der Waals surface area contributed by atoms with Crippen LogP contribution in [0.5, 0.6) is 0 Å². The molecule has 0 amide bonds. The highest BCUT2D eigenvalue weighted by Crippen LogP contribution is 2.15. The molecule has 70 valence electrons. The summed E-state index contributed by atoms with van der Waals surface area (Å²) in [5.74, 6) is 2.72. The van der Waals surface area contributed by atoms with Gasteiger partial charge >= 0.3 is 0 Å². The fraction of sp³-hybridized carbons (Fsp3) is 0.455. The van der Waals surface area contributed by atoms with E-state index < -0.39 is 0 Å². The molecule has 0 unspecified atom stereocenters. The summed E-state index contributed by atoms with van der Waals surface area (Å²) in [6.07, 6.45) is 5.37. The summed E-state index contributed by atoms with van der Waals surface area (Å²) in [5, 5.41) is 5.43. The van der Waals surface area contributed by atoms with Gasteiger partial charge in [0.25, 0.3) is 0 Å². The fourth-order valence-electron chi connectivity index (χ4n) is 0.962. The van der Waals surface area contributed by atoms with Gasteiger partial charge in [0.05, 0.1) is 5.54 Å². The van der Waals surface area contributed by atoms with E-state index in [1.54, 1.807) is 11.3 Å². The molecule has 1 heterocycles. The van der Waals surface area contributed by atoms with Crippen LogP contribution in [-0.2, 0) is 6.54 Å². The van der Waals surface area contributed by atoms with Crippen molar-refractivity contribution >= 4 is 11.3 Å². The Kier molecular flexibility index (Phi) is 3.13. The third-order valence-electron chi connectivity index (χ3n) is 2.05. The van der Waals surface area contributed by atoms with Gasteiger partial charge in [-0.2, -0.15) is 0 Å². The molecule has 1 aromatic heterocycles. The highest BCUT2D eigenvalue weighted by Gasteiger charge is 2.12. The topological polar surface area (TPSA) is 12.0 Å². The quantitative estimate of drug-likeness (QED) is 0.727. The molecule has 0 atom stereocenters. The Morgan fingerprint density at radius 2 is 2.31 bits per heavy atom. The van der Waals surface area contributed by atoms with Crippen LogP contribution in [0.25, 0.3) is 0 Å². The van der Waals surface area contributed by atoms with Crippen LogP contribution in [0.2, 0.25) is 0 Å². The summed E-state index contributed by atoms with van der Waals surface area (Å²) >= 11 is 1.77. The summed E-state index contributed by atoms with van der Waals surface area (Å²) in [6, 6.07) is 2.14. The van der Waals surface area contributed by atoms with Gasteiger partial charge in [-0.25, -0.2) is 0 Å². The zero-order valence-electron chi connectivity index (χ0n) is 8.35. The van der Waals surface area contributed by atoms with E-state index in [0.29, 0.717) is 0 Å². The van der Waals surface area contributed by atoms with E-state index in [0.717, 1.165) is 6.54 Å². The molecular weight excluding hydrogens is 178 g/mol. The van der Waals surface area contributed by atoms with Crippen molar-refractivity contribution in [1.29, 1.82) is 0 Å². The van der Waals surface area contributed by atoms with Crippen LogP contribution in [0.3, 0.4) is 0 Å². The van der Waals surface area contributed by atoms with Crippen LogP contribution in [0, 0.1) is 19.3 Å². The van der Waals surface area contributed by atoms with Gasteiger partial charge in [0, 0.05) is 11.4 Å². The van der Waals surface area contributed by atoms with Gasteiger partial charge in [-0.1, -0.05) is 5.92 Å². The molecule has 13 heavy (non-hydrogen) atoms. The van der Waals surface area contributed by atoms with Crippen LogP contribution < -0.4 is 5.32 Å². The Bertz CT molecular complexity index is 317. The molecule has 0 aliphatic heterocycles. The predicted molar refractivity (Wildman–Crippen MR) is 58.8 cm³/mol. The van der Waals surface area contributed by atoms with Gasteiger partial charge in [0.1, 0.15) is 0 Å². The molecular formula is C11H15NS. The van der Waals surface area contributed by atoms with Crippen molar-refractivity contribution in [2.45, 2.75) is 32.9 Å². The van der Waals surface area contributed by atoms with Gasteiger partial charge in [0.2, 0.25) is 0 Å². The summed E-state index contributed by atoms with van der Waals surface area (Å²) in [4.78, 5) is 1.36. The van der Waals surface area contributed by atoms with E-state index in [-0.39, 0.29) is 5.54 Å². The molecule has 0 aliphatic carbocycles. The minimum atomic E-state index is -0.214. The molecule has 0 radical (unpaired) electrons. The lowest BCUT2D eigenvalue weighted by atomic mass is 10.1. The Hall–Kier alpha value is -0.780. The average molecular weight is 193 g/mol. The SMILES string of the molecule is C#CC(C)(C)NCc1ccsc1C. The number of hydrogen-bond donors (Lipinski definition) is 1. The lowest BCUT2D eigenvalue weighted by molar-refractivity contribution is 0.491. The van der Waals surface area contributed by atoms with Crippen LogP contribution in [-0.4, -0.2) is 5.54 Å². The number of thiophene rings is 1. The number of terminal acetylenes is 1. The van der Waals surface area contributed by atoms with Crippen molar-refractivity contribution < 1.29 is 0 Å². The molecule has 0 fully saturated rings. The Balaban J connectivity index is 2.54. The summed E-state index contributed by atoms with van der Waals surface area (Å²) in [6.45, 7) is 7.00. The van der Waals surface area contributed by atoms with E-state index in [1.807, 2.05) is 13.8 Å². The van der Waals surface area contributed by atoms with Crippen molar-refractivity contribution in [2.75, 3.05) is 0 Å². The first kappa shape index (κ1) is 10.3. The first-order chi connectivity index (χ1) is 6.05. The molecule has 0 saturated heterocycles. The number of rotatable bonds is 3. The average Bonchev–Trinajstić information content (AvgIpc) is 2.48. The van der Waals surface area contributed by atoms with Crippen LogP contribution in [0.15, 0.2) is 11.4 Å². The molecule has 0 aliphatic rings. The van der Waals surface area contributed by atoms with Gasteiger partial charge in [0.15, 0.2) is 0 Å². The van der Waals surface area contributed by atoms with Gasteiger partial charge < -0.3 is 0 Å². The van der Waals surface area contributed by atoms with E-state index >= 15 is 0 Å². The number of hydrogen-bond acceptors (Lipinski definition) is 2. The highest BCUT2D eigenvalue weighted by atomic mass is 32.1. The zero-order valence-corrected chi connectivity index (χ0v) is 9.16. The first-order valence-electron chi connectivity index (χ1n) is 4.31. The van der Waals surface area contributed by atoms with Gasteiger partial charge in [-0.05, 0) is 37.8 Å². The second-order valence-corrected chi connectivity index (χ2v) is 4.75. The van der Waals surface area contributed by atoms with E-state index in [1.165, 1.54) is 10.4 Å². The largest absolute Gasteiger partial charge is 0.297 e. The molecule has 1 N–H and O–H groups in total. The first-order valence-corrected chi connectivity index (χ1v) is 5.19. The van der Waals surface area contributed by atoms with Crippen molar-refractivity contribution in [3.63, 3.8) is 0 Å². The molecule has 0 aromatic carbocycles. The molecule has 2 heteroatoms. The summed E-state index contributed by atoms with van der Waals surface area (Å²) in [7, 11) is 0. The summed E-state index contributed by atoms with van der Waals surface area (Å²) in [5.41, 5.74) is 1.13. The third kappa shape index (κ3) is 2.87. The van der Waals surface area contributed by atoms with E-state index in [2.05, 4.69) is 29.6 Å². The zero-order chi connectivity index (χ0) is 9.90. The van der Waals surface area contributed by atoms with Crippen molar-refractivity contribution in [3.05, 3.63) is 21.9 Å². The molecule has 1 rings (SSSR count). The van der Waals surface area contributed by atoms with Crippen molar-refractivity contribution in [3.8, 4) is 12.3 Å². The second-order valence-electron chi connectivity index (χ2n) is 3.62. The monoisotopic (exact) mass is 193 g/mol. The number of nitrogens with one attached hydrogen (secondary N) is 1. The molecule has 1 aromatic rings. The van der Waals surface area contributed by atoms with E-state index in [4.69, 9.17) is 6.42 Å². The lowest BCUT2D eigenvalue weighted by Crippen LogP contribution is -2.36. The standard InChI is InChI=1S/C11H15NS/c1-5-11(3,4)12-8-10-6-7-13-9(10)2/h1,6-7,12H,8H2,2-4H3. The van der Waals surface area contributed by atoms with Crippen LogP contribution in [0.1, 0.15) is 24.3 Å². The van der Waals surface area contributed by atoms with Gasteiger partial charge in [-0.15, -0.1) is 17.8 Å². The lowest BCUT2D eigenvalue weighted by Gasteiger charge is -2.19. The van der Waals surface area contributed by atoms with Crippen LogP contribution >= 0.6 is 11.3 Å². The normalized spacial score (nSPS) is 11.2. The minimum Gasteiger partial charge on any atom is -0.297 e. The Morgan fingerprint density at radius 1 is 1.62 bits per heavy atom. The third-order valence-corrected chi connectivity index (χ3v) is 2.94. The van der Waals surface area contributed by atoms with Crippen LogP contribution in [0.4, 0.5) is 0 Å². The molecule has 1 nitrogen and oxygen atoms in total. The van der Waals surface area contributed by atoms with Crippen molar-refractivity contribution in [2.24, 2.45) is 0 Å². The molecule has 0 saturated carbocycles. The maximum absolute atomic E-state index is 5.37. The molecule has 0 bridgehead atoms. The van der Waals surface area contributed by atoms with Crippen molar-refractivity contribution in [1.82, 2.24) is 5.32 Å². The Labute approximate surface area is 84.2 Å². The highest BCUT2D eigenvalue weighted by molar-refractivity contribution is 7.10. The molecule has 0 spiro atoms. The minimum absolute atomic E-state index is 0.214. The maximum Gasteiger partial charge on any atom is 0.0743 e. The summed E-state index contributed by atoms with van der Waals surface area (Å²) < 4.78 is 0. The Morgan fingerprint density at radius 3 is 2.77 bits per heavy atom. The second kappa shape index (κ2) is 3.95. The van der Waals surface area contributed by atoms with Gasteiger partial charge in [-0.3, -0.25) is 5.32 Å². The predicted octanol–water partition coefficient (Wildman–Crippen LogP) is 2.56. The van der Waals surface area contributed by atoms with E-state index in [9.17, 15) is 0 Å². The smallest absolute Gasteiger partial charge is 0.0743 e. The maximum atomic E-state index is 5.37.